The van der Waals surface area contributed by atoms with Gasteiger partial charge in [0.2, 0.25) is 0 Å². The predicted octanol–water partition coefficient (Wildman–Crippen LogP) is 2.41. The van der Waals surface area contributed by atoms with Crippen molar-refractivity contribution in [3.05, 3.63) is 0 Å². The molecule has 3 fully saturated rings. The molecule has 92 valence electrons. The summed E-state index contributed by atoms with van der Waals surface area (Å²) in [6, 6.07) is 0.873. The minimum atomic E-state index is -0.0141. The van der Waals surface area contributed by atoms with E-state index in [1.165, 1.54) is 38.5 Å². The molecule has 0 aromatic heterocycles. The van der Waals surface area contributed by atoms with Crippen LogP contribution < -0.4 is 0 Å². The van der Waals surface area contributed by atoms with Crippen LogP contribution in [0.4, 0.5) is 0 Å². The molecule has 0 spiro atoms. The van der Waals surface area contributed by atoms with Gasteiger partial charge in [-0.15, -0.1) is 0 Å². The van der Waals surface area contributed by atoms with Gasteiger partial charge in [0.25, 0.3) is 0 Å². The average Bonchev–Trinajstić information content (AvgIpc) is 2.65. The Bertz CT molecular complexity index is 231. The molecule has 1 heterocycles. The number of likely N-dealkylation sites (tertiary alicyclic amines) is 1. The Balaban J connectivity index is 1.59. The third-order valence-electron chi connectivity index (χ3n) is 5.25. The lowest BCUT2D eigenvalue weighted by molar-refractivity contribution is 0.0319. The van der Waals surface area contributed by atoms with Crippen molar-refractivity contribution in [3.8, 4) is 0 Å². The van der Waals surface area contributed by atoms with Crippen molar-refractivity contribution in [2.45, 2.75) is 63.5 Å². The van der Waals surface area contributed by atoms with Gasteiger partial charge >= 0.3 is 0 Å². The molecule has 3 rings (SSSR count). The molecule has 1 aliphatic heterocycles. The third-order valence-corrected chi connectivity index (χ3v) is 5.25. The van der Waals surface area contributed by atoms with Gasteiger partial charge in [0, 0.05) is 19.1 Å². The second-order valence-electron chi connectivity index (χ2n) is 6.12. The first-order valence-corrected chi connectivity index (χ1v) is 7.27. The first-order valence-electron chi connectivity index (χ1n) is 7.27. The second kappa shape index (κ2) is 4.66. The van der Waals surface area contributed by atoms with Crippen LogP contribution in [-0.4, -0.2) is 35.2 Å². The van der Waals surface area contributed by atoms with Gasteiger partial charge in [-0.2, -0.15) is 0 Å². The number of piperidine rings is 1. The van der Waals surface area contributed by atoms with Crippen molar-refractivity contribution >= 4 is 0 Å². The maximum absolute atomic E-state index is 9.58. The standard InChI is InChI=1S/C14H25NO/c16-12-7-9-15(10-8-12)14-6-2-5-13(14)11-3-1-4-11/h11-14,16H,1-10H2. The molecular formula is C14H25NO. The van der Waals surface area contributed by atoms with Gasteiger partial charge in [-0.1, -0.05) is 25.7 Å². The number of hydrogen-bond acceptors (Lipinski definition) is 2. The van der Waals surface area contributed by atoms with Gasteiger partial charge in [0.15, 0.2) is 0 Å². The van der Waals surface area contributed by atoms with Crippen LogP contribution in [0.3, 0.4) is 0 Å². The zero-order chi connectivity index (χ0) is 11.0. The van der Waals surface area contributed by atoms with Gasteiger partial charge in [-0.3, -0.25) is 4.90 Å². The molecule has 2 heteroatoms. The van der Waals surface area contributed by atoms with Crippen molar-refractivity contribution in [1.82, 2.24) is 4.90 Å². The summed E-state index contributed by atoms with van der Waals surface area (Å²) in [4.78, 5) is 2.70. The fraction of sp³-hybridized carbons (Fsp3) is 1.00. The maximum atomic E-state index is 9.58. The number of nitrogens with zero attached hydrogens (tertiary/aromatic N) is 1. The molecule has 0 aromatic rings. The van der Waals surface area contributed by atoms with Crippen LogP contribution in [0.25, 0.3) is 0 Å². The van der Waals surface area contributed by atoms with Crippen molar-refractivity contribution in [3.63, 3.8) is 0 Å². The van der Waals surface area contributed by atoms with Gasteiger partial charge < -0.3 is 5.11 Å². The highest BCUT2D eigenvalue weighted by Crippen LogP contribution is 2.44. The SMILES string of the molecule is OC1CCN(C2CCCC2C2CCC2)CC1. The first-order chi connectivity index (χ1) is 7.84. The third kappa shape index (κ3) is 2.02. The Morgan fingerprint density at radius 1 is 0.812 bits per heavy atom. The van der Waals surface area contributed by atoms with Crippen LogP contribution in [0.15, 0.2) is 0 Å². The summed E-state index contributed by atoms with van der Waals surface area (Å²) in [5, 5.41) is 9.58. The van der Waals surface area contributed by atoms with Crippen LogP contribution in [0, 0.1) is 11.8 Å². The molecule has 16 heavy (non-hydrogen) atoms. The summed E-state index contributed by atoms with van der Waals surface area (Å²) in [6.07, 6.45) is 10.8. The second-order valence-corrected chi connectivity index (χ2v) is 6.12. The number of aliphatic hydroxyl groups is 1. The van der Waals surface area contributed by atoms with E-state index >= 15 is 0 Å². The molecule has 2 unspecified atom stereocenters. The molecule has 0 radical (unpaired) electrons. The minimum absolute atomic E-state index is 0.0141. The van der Waals surface area contributed by atoms with E-state index in [-0.39, 0.29) is 6.10 Å². The number of hydrogen-bond donors (Lipinski definition) is 1. The Morgan fingerprint density at radius 3 is 2.12 bits per heavy atom. The molecule has 2 aliphatic carbocycles. The van der Waals surface area contributed by atoms with Crippen LogP contribution >= 0.6 is 0 Å². The topological polar surface area (TPSA) is 23.5 Å². The van der Waals surface area contributed by atoms with E-state index in [0.717, 1.165) is 43.8 Å². The lowest BCUT2D eigenvalue weighted by atomic mass is 9.73. The van der Waals surface area contributed by atoms with Gasteiger partial charge in [0.05, 0.1) is 6.10 Å². The fourth-order valence-electron chi connectivity index (χ4n) is 4.06. The molecule has 0 bridgehead atoms. The Hall–Kier alpha value is -0.0800. The van der Waals surface area contributed by atoms with Crippen molar-refractivity contribution in [2.24, 2.45) is 11.8 Å². The Kier molecular flexibility index (Phi) is 3.21. The zero-order valence-electron chi connectivity index (χ0n) is 10.3. The van der Waals surface area contributed by atoms with Gasteiger partial charge in [0.1, 0.15) is 0 Å². The zero-order valence-corrected chi connectivity index (χ0v) is 10.3. The van der Waals surface area contributed by atoms with E-state index in [1.54, 1.807) is 0 Å². The molecule has 2 nitrogen and oxygen atoms in total. The van der Waals surface area contributed by atoms with E-state index in [0.29, 0.717) is 0 Å². The van der Waals surface area contributed by atoms with Crippen LogP contribution in [-0.2, 0) is 0 Å². The molecular weight excluding hydrogens is 198 g/mol. The van der Waals surface area contributed by atoms with E-state index in [1.807, 2.05) is 0 Å². The fourth-order valence-corrected chi connectivity index (χ4v) is 4.06. The van der Waals surface area contributed by atoms with Crippen molar-refractivity contribution in [2.75, 3.05) is 13.1 Å². The van der Waals surface area contributed by atoms with E-state index in [9.17, 15) is 5.11 Å². The molecule has 2 saturated carbocycles. The lowest BCUT2D eigenvalue weighted by Crippen LogP contribution is -2.46. The molecule has 0 amide bonds. The highest BCUT2D eigenvalue weighted by Gasteiger charge is 2.39. The lowest BCUT2D eigenvalue weighted by Gasteiger charge is -2.42. The highest BCUT2D eigenvalue weighted by molar-refractivity contribution is 4.93. The van der Waals surface area contributed by atoms with Gasteiger partial charge in [-0.25, -0.2) is 0 Å². The molecule has 2 atom stereocenters. The smallest absolute Gasteiger partial charge is 0.0564 e. The minimum Gasteiger partial charge on any atom is -0.393 e. The van der Waals surface area contributed by atoms with Gasteiger partial charge in [-0.05, 0) is 37.5 Å². The molecule has 1 N–H and O–H groups in total. The predicted molar refractivity (Wildman–Crippen MR) is 65.3 cm³/mol. The summed E-state index contributed by atoms with van der Waals surface area (Å²) in [5.41, 5.74) is 0. The van der Waals surface area contributed by atoms with E-state index < -0.39 is 0 Å². The van der Waals surface area contributed by atoms with Crippen LogP contribution in [0.1, 0.15) is 51.4 Å². The summed E-state index contributed by atoms with van der Waals surface area (Å²) in [7, 11) is 0. The summed E-state index contributed by atoms with van der Waals surface area (Å²) >= 11 is 0. The van der Waals surface area contributed by atoms with Crippen LogP contribution in [0.5, 0.6) is 0 Å². The number of rotatable bonds is 2. The summed E-state index contributed by atoms with van der Waals surface area (Å²) in [6.45, 7) is 2.30. The molecule has 3 aliphatic rings. The van der Waals surface area contributed by atoms with E-state index in [4.69, 9.17) is 0 Å². The molecule has 1 saturated heterocycles. The first kappa shape index (κ1) is 11.0. The number of aliphatic hydroxyl groups excluding tert-OH is 1. The quantitative estimate of drug-likeness (QED) is 0.777. The van der Waals surface area contributed by atoms with Crippen LogP contribution in [0.2, 0.25) is 0 Å². The normalized spacial score (nSPS) is 38.8. The largest absolute Gasteiger partial charge is 0.393 e. The highest BCUT2D eigenvalue weighted by atomic mass is 16.3. The summed E-state index contributed by atoms with van der Waals surface area (Å²) in [5.74, 6) is 2.06. The van der Waals surface area contributed by atoms with Crippen molar-refractivity contribution in [1.29, 1.82) is 0 Å². The van der Waals surface area contributed by atoms with E-state index in [2.05, 4.69) is 4.90 Å². The van der Waals surface area contributed by atoms with Crippen molar-refractivity contribution < 1.29 is 5.11 Å². The maximum Gasteiger partial charge on any atom is 0.0564 e. The Labute approximate surface area is 99.0 Å². The molecule has 0 aromatic carbocycles. The Morgan fingerprint density at radius 2 is 1.50 bits per heavy atom. The average molecular weight is 223 g/mol. The monoisotopic (exact) mass is 223 g/mol. The summed E-state index contributed by atoms with van der Waals surface area (Å²) < 4.78 is 0.